The molecule has 3 N–H and O–H groups in total. The van der Waals surface area contributed by atoms with Crippen molar-refractivity contribution in [2.24, 2.45) is 5.92 Å². The molecule has 0 saturated carbocycles. The van der Waals surface area contributed by atoms with E-state index in [9.17, 15) is 9.59 Å². The smallest absolute Gasteiger partial charge is 0.257 e. The van der Waals surface area contributed by atoms with Crippen molar-refractivity contribution in [2.75, 3.05) is 25.4 Å². The molecule has 4 heterocycles. The van der Waals surface area contributed by atoms with Crippen LogP contribution < -0.4 is 11.1 Å². The van der Waals surface area contributed by atoms with Gasteiger partial charge in [0.05, 0.1) is 18.1 Å². The van der Waals surface area contributed by atoms with Gasteiger partial charge in [0.1, 0.15) is 5.01 Å². The number of carbonyl (C=O) groups excluding carboxylic acids is 2. The SMILES string of the molecule is Nc1nnc(CC(=O)NC2CCOC(C3CCCN(C(=O)c4csnc4Cl)C3)C2)s1. The second kappa shape index (κ2) is 9.54. The molecule has 9 nitrogen and oxygen atoms in total. The highest BCUT2D eigenvalue weighted by Crippen LogP contribution is 2.29. The standard InChI is InChI=1S/C18H23ClN6O3S2/c19-16-12(9-29-24-16)17(27)25-4-1-2-10(8-25)13-6-11(3-5-28-13)21-14(26)7-15-22-23-18(20)30-15/h9-11,13H,1-8H2,(H2,20,23)(H,21,26). The van der Waals surface area contributed by atoms with E-state index in [1.165, 1.54) is 22.9 Å². The maximum atomic E-state index is 12.8. The van der Waals surface area contributed by atoms with Crippen LogP contribution in [0.25, 0.3) is 0 Å². The molecular formula is C18H23ClN6O3S2. The minimum absolute atomic E-state index is 0.00731. The van der Waals surface area contributed by atoms with Crippen LogP contribution in [0.5, 0.6) is 0 Å². The molecule has 2 aliphatic rings. The number of nitrogens with two attached hydrogens (primary N) is 1. The molecule has 2 amide bonds. The lowest BCUT2D eigenvalue weighted by atomic mass is 9.86. The number of amides is 2. The van der Waals surface area contributed by atoms with Gasteiger partial charge in [0, 0.05) is 37.0 Å². The number of nitrogen functional groups attached to an aromatic ring is 1. The zero-order valence-corrected chi connectivity index (χ0v) is 18.6. The van der Waals surface area contributed by atoms with Gasteiger partial charge in [-0.05, 0) is 37.2 Å². The summed E-state index contributed by atoms with van der Waals surface area (Å²) in [7, 11) is 0. The number of anilines is 1. The van der Waals surface area contributed by atoms with E-state index in [1.807, 2.05) is 4.90 Å². The Morgan fingerprint density at radius 3 is 2.97 bits per heavy atom. The number of rotatable bonds is 5. The average Bonchev–Trinajstić information content (AvgIpc) is 3.35. The van der Waals surface area contributed by atoms with E-state index in [1.54, 1.807) is 5.38 Å². The van der Waals surface area contributed by atoms with Crippen molar-refractivity contribution in [2.45, 2.75) is 44.2 Å². The Labute approximate surface area is 187 Å². The Morgan fingerprint density at radius 1 is 1.37 bits per heavy atom. The number of carbonyl (C=O) groups is 2. The summed E-state index contributed by atoms with van der Waals surface area (Å²) in [6.07, 6.45) is 3.60. The van der Waals surface area contributed by atoms with Crippen LogP contribution in [0, 0.1) is 5.92 Å². The monoisotopic (exact) mass is 470 g/mol. The number of aromatic nitrogens is 3. The molecule has 0 bridgehead atoms. The second-order valence-electron chi connectivity index (χ2n) is 7.58. The fourth-order valence-corrected chi connectivity index (χ4v) is 5.56. The molecular weight excluding hydrogens is 448 g/mol. The van der Waals surface area contributed by atoms with Gasteiger partial charge >= 0.3 is 0 Å². The predicted molar refractivity (Wildman–Crippen MR) is 115 cm³/mol. The highest BCUT2D eigenvalue weighted by Gasteiger charge is 2.35. The van der Waals surface area contributed by atoms with E-state index in [0.29, 0.717) is 35.4 Å². The van der Waals surface area contributed by atoms with E-state index >= 15 is 0 Å². The van der Waals surface area contributed by atoms with E-state index < -0.39 is 0 Å². The minimum atomic E-state index is -0.0863. The molecule has 3 unspecified atom stereocenters. The van der Waals surface area contributed by atoms with Crippen molar-refractivity contribution in [3.63, 3.8) is 0 Å². The van der Waals surface area contributed by atoms with Gasteiger partial charge in [0.2, 0.25) is 11.0 Å². The molecule has 0 radical (unpaired) electrons. The Kier molecular flexibility index (Phi) is 6.81. The molecule has 30 heavy (non-hydrogen) atoms. The zero-order chi connectivity index (χ0) is 21.1. The number of likely N-dealkylation sites (tertiary alicyclic amines) is 1. The van der Waals surface area contributed by atoms with E-state index in [4.69, 9.17) is 22.1 Å². The first-order valence-corrected chi connectivity index (χ1v) is 11.9. The summed E-state index contributed by atoms with van der Waals surface area (Å²) in [5.41, 5.74) is 6.04. The third-order valence-corrected chi connectivity index (χ3v) is 7.27. The first-order chi connectivity index (χ1) is 14.5. The quantitative estimate of drug-likeness (QED) is 0.684. The summed E-state index contributed by atoms with van der Waals surface area (Å²) < 4.78 is 10.0. The van der Waals surface area contributed by atoms with Gasteiger partial charge in [-0.25, -0.2) is 0 Å². The van der Waals surface area contributed by atoms with Crippen LogP contribution in [0.4, 0.5) is 5.13 Å². The molecule has 0 spiro atoms. The molecule has 3 atom stereocenters. The maximum absolute atomic E-state index is 12.8. The van der Waals surface area contributed by atoms with Crippen molar-refractivity contribution in [3.8, 4) is 0 Å². The lowest BCUT2D eigenvalue weighted by molar-refractivity contribution is -0.122. The molecule has 162 valence electrons. The zero-order valence-electron chi connectivity index (χ0n) is 16.3. The van der Waals surface area contributed by atoms with E-state index in [2.05, 4.69) is 19.9 Å². The van der Waals surface area contributed by atoms with Crippen LogP contribution >= 0.6 is 34.5 Å². The number of ether oxygens (including phenoxy) is 1. The van der Waals surface area contributed by atoms with Gasteiger partial charge < -0.3 is 20.7 Å². The molecule has 12 heteroatoms. The summed E-state index contributed by atoms with van der Waals surface area (Å²) in [5, 5.41) is 13.6. The lowest BCUT2D eigenvalue weighted by Gasteiger charge is -2.40. The third kappa shape index (κ3) is 5.08. The van der Waals surface area contributed by atoms with Crippen LogP contribution in [-0.4, -0.2) is 63.1 Å². The van der Waals surface area contributed by atoms with Crippen molar-refractivity contribution in [3.05, 3.63) is 21.1 Å². The largest absolute Gasteiger partial charge is 0.378 e. The summed E-state index contributed by atoms with van der Waals surface area (Å²) in [6, 6.07) is 0.0446. The van der Waals surface area contributed by atoms with Gasteiger partial charge in [-0.15, -0.1) is 10.2 Å². The fraction of sp³-hybridized carbons (Fsp3) is 0.611. The molecule has 2 aliphatic heterocycles. The number of nitrogens with one attached hydrogen (secondary N) is 1. The third-order valence-electron chi connectivity index (χ3n) is 5.50. The van der Waals surface area contributed by atoms with E-state index in [-0.39, 0.29) is 41.5 Å². The molecule has 4 rings (SSSR count). The predicted octanol–water partition coefficient (Wildman–Crippen LogP) is 1.99. The Hall–Kier alpha value is -1.82. The van der Waals surface area contributed by atoms with Crippen molar-refractivity contribution in [1.29, 1.82) is 0 Å². The van der Waals surface area contributed by atoms with Gasteiger partial charge in [0.15, 0.2) is 5.15 Å². The van der Waals surface area contributed by atoms with Crippen LogP contribution in [-0.2, 0) is 16.0 Å². The number of piperidine rings is 1. The van der Waals surface area contributed by atoms with Gasteiger partial charge in [-0.1, -0.05) is 22.9 Å². The van der Waals surface area contributed by atoms with Crippen LogP contribution in [0.1, 0.15) is 41.0 Å². The maximum Gasteiger partial charge on any atom is 0.257 e. The van der Waals surface area contributed by atoms with Crippen LogP contribution in [0.3, 0.4) is 0 Å². The minimum Gasteiger partial charge on any atom is -0.378 e. The molecule has 2 aromatic rings. The van der Waals surface area contributed by atoms with Crippen LogP contribution in [0.2, 0.25) is 5.15 Å². The lowest BCUT2D eigenvalue weighted by Crippen LogP contribution is -2.49. The average molecular weight is 471 g/mol. The Morgan fingerprint density at radius 2 is 2.23 bits per heavy atom. The number of nitrogens with zero attached hydrogens (tertiary/aromatic N) is 4. The van der Waals surface area contributed by atoms with Crippen LogP contribution in [0.15, 0.2) is 5.38 Å². The van der Waals surface area contributed by atoms with Crippen molar-refractivity contribution in [1.82, 2.24) is 24.8 Å². The topological polar surface area (TPSA) is 123 Å². The molecule has 0 aliphatic carbocycles. The Bertz CT molecular complexity index is 906. The normalized spacial score (nSPS) is 24.6. The van der Waals surface area contributed by atoms with Gasteiger partial charge in [-0.2, -0.15) is 4.37 Å². The summed E-state index contributed by atoms with van der Waals surface area (Å²) in [6.45, 7) is 1.92. The van der Waals surface area contributed by atoms with Crippen molar-refractivity contribution < 1.29 is 14.3 Å². The van der Waals surface area contributed by atoms with Crippen molar-refractivity contribution >= 4 is 51.4 Å². The van der Waals surface area contributed by atoms with Gasteiger partial charge in [-0.3, -0.25) is 9.59 Å². The molecule has 2 saturated heterocycles. The number of hydrogen-bond donors (Lipinski definition) is 2. The second-order valence-corrected chi connectivity index (χ2v) is 9.66. The number of hydrogen-bond acceptors (Lipinski definition) is 9. The highest BCUT2D eigenvalue weighted by atomic mass is 35.5. The highest BCUT2D eigenvalue weighted by molar-refractivity contribution is 7.15. The summed E-state index contributed by atoms with van der Waals surface area (Å²) in [5.74, 6) is 0.0722. The summed E-state index contributed by atoms with van der Waals surface area (Å²) >= 11 is 8.45. The molecule has 0 aromatic carbocycles. The molecule has 2 fully saturated rings. The summed E-state index contributed by atoms with van der Waals surface area (Å²) in [4.78, 5) is 27.0. The fourth-order valence-electron chi connectivity index (χ4n) is 4.07. The van der Waals surface area contributed by atoms with E-state index in [0.717, 1.165) is 25.7 Å². The first-order valence-electron chi connectivity index (χ1n) is 9.87. The number of halogens is 1. The van der Waals surface area contributed by atoms with Gasteiger partial charge in [0.25, 0.3) is 5.91 Å². The first kappa shape index (κ1) is 21.4. The molecule has 2 aromatic heterocycles. The Balaban J connectivity index is 1.31.